The van der Waals surface area contributed by atoms with Gasteiger partial charge >= 0.3 is 216 Å². The fourth-order valence-corrected chi connectivity index (χ4v) is 7.75. The van der Waals surface area contributed by atoms with Crippen molar-refractivity contribution in [3.8, 4) is 5.69 Å². The minimum atomic E-state index is -0.119. The quantitative estimate of drug-likeness (QED) is 0.170. The van der Waals surface area contributed by atoms with Crippen molar-refractivity contribution in [3.63, 3.8) is 0 Å². The molecule has 3 aromatic heterocycles. The van der Waals surface area contributed by atoms with Crippen LogP contribution < -0.4 is 10.9 Å². The van der Waals surface area contributed by atoms with Gasteiger partial charge in [0.1, 0.15) is 0 Å². The van der Waals surface area contributed by atoms with Crippen LogP contribution in [0.1, 0.15) is 0 Å². The molecule has 8 rings (SSSR count). The van der Waals surface area contributed by atoms with Crippen molar-refractivity contribution < 1.29 is 4.42 Å². The maximum absolute atomic E-state index is 13.6. The van der Waals surface area contributed by atoms with Gasteiger partial charge in [0.25, 0.3) is 0 Å². The fraction of sp³-hybridized carbons (Fsp3) is 0. The van der Waals surface area contributed by atoms with Crippen LogP contribution >= 0.6 is 0 Å². The molecule has 0 spiro atoms. The van der Waals surface area contributed by atoms with Crippen LogP contribution in [0.15, 0.2) is 117 Å². The van der Waals surface area contributed by atoms with Gasteiger partial charge < -0.3 is 0 Å². The first kappa shape index (κ1) is 20.7. The molecule has 0 aliphatic heterocycles. The Hall–Kier alpha value is -4.44. The average molecular weight is 542 g/mol. The standard InChI is InChI=1S/C32H17NO3Se/c34-31-21-14-13-18(33-25-10-4-1-7-19(25)20-8-2-5-11-26(20)33)15-27(21)36-28-17-30-24(16-23(28)31)32(35)22-9-3-6-12-29(22)37-30/h1-17H. The van der Waals surface area contributed by atoms with E-state index in [0.717, 1.165) is 30.6 Å². The van der Waals surface area contributed by atoms with Gasteiger partial charge in [-0.1, -0.05) is 0 Å². The van der Waals surface area contributed by atoms with Crippen LogP contribution in [-0.4, -0.2) is 19.1 Å². The van der Waals surface area contributed by atoms with E-state index >= 15 is 0 Å². The molecule has 37 heavy (non-hydrogen) atoms. The zero-order valence-corrected chi connectivity index (χ0v) is 21.1. The predicted molar refractivity (Wildman–Crippen MR) is 153 cm³/mol. The van der Waals surface area contributed by atoms with Gasteiger partial charge in [0.05, 0.1) is 0 Å². The molecule has 0 N–H and O–H groups in total. The topological polar surface area (TPSA) is 52.2 Å². The summed E-state index contributed by atoms with van der Waals surface area (Å²) in [6.45, 7) is 0. The summed E-state index contributed by atoms with van der Waals surface area (Å²) < 4.78 is 10.6. The van der Waals surface area contributed by atoms with Crippen LogP contribution in [0.4, 0.5) is 0 Å². The van der Waals surface area contributed by atoms with Gasteiger partial charge in [-0.3, -0.25) is 0 Å². The zero-order valence-electron chi connectivity index (χ0n) is 19.4. The summed E-state index contributed by atoms with van der Waals surface area (Å²) in [5, 5.41) is 4.65. The molecule has 0 bridgehead atoms. The van der Waals surface area contributed by atoms with E-state index in [1.807, 2.05) is 60.7 Å². The van der Waals surface area contributed by atoms with E-state index in [4.69, 9.17) is 4.42 Å². The second-order valence-electron chi connectivity index (χ2n) is 9.25. The van der Waals surface area contributed by atoms with Crippen molar-refractivity contribution in [2.24, 2.45) is 0 Å². The third-order valence-electron chi connectivity index (χ3n) is 7.19. The van der Waals surface area contributed by atoms with Crippen LogP contribution in [0, 0.1) is 0 Å². The second kappa shape index (κ2) is 7.53. The second-order valence-corrected chi connectivity index (χ2v) is 11.5. The van der Waals surface area contributed by atoms with Crippen molar-refractivity contribution in [2.75, 3.05) is 0 Å². The number of aromatic nitrogens is 1. The number of fused-ring (bicyclic) bond motifs is 7. The van der Waals surface area contributed by atoms with Crippen LogP contribution in [0.3, 0.4) is 0 Å². The summed E-state index contributed by atoms with van der Waals surface area (Å²) >= 11 is -0.0353. The number of nitrogens with zero attached hydrogens (tertiary/aromatic N) is 1. The van der Waals surface area contributed by atoms with Crippen LogP contribution in [0.5, 0.6) is 0 Å². The summed E-state index contributed by atoms with van der Waals surface area (Å²) in [5.41, 5.74) is 4.03. The molecule has 0 atom stereocenters. The SMILES string of the molecule is O=c1c2ccc(-n3c4ccccc4c4ccccc43)cc2oc2cc3[se]c4ccccc4c(=O)c3cc12. The Bertz CT molecular complexity index is 2300. The van der Waals surface area contributed by atoms with Crippen molar-refractivity contribution in [3.05, 3.63) is 124 Å². The molecule has 4 nitrogen and oxygen atoms in total. The van der Waals surface area contributed by atoms with Crippen LogP contribution in [0.25, 0.3) is 68.7 Å². The fourth-order valence-electron chi connectivity index (χ4n) is 5.48. The molecular formula is C32H17NO3Se. The van der Waals surface area contributed by atoms with E-state index in [0.29, 0.717) is 27.3 Å². The molecule has 0 amide bonds. The number of hydrogen-bond donors (Lipinski definition) is 0. The summed E-state index contributed by atoms with van der Waals surface area (Å²) in [4.78, 5) is 26.8. The van der Waals surface area contributed by atoms with Crippen LogP contribution in [0.2, 0.25) is 0 Å². The van der Waals surface area contributed by atoms with E-state index in [2.05, 4.69) is 41.0 Å². The van der Waals surface area contributed by atoms with E-state index in [1.165, 1.54) is 10.8 Å². The zero-order chi connectivity index (χ0) is 24.7. The number of rotatable bonds is 1. The summed E-state index contributed by atoms with van der Waals surface area (Å²) in [5.74, 6) is 0. The Morgan fingerprint density at radius 3 is 1.89 bits per heavy atom. The third-order valence-corrected chi connectivity index (χ3v) is 9.57. The third kappa shape index (κ3) is 2.90. The van der Waals surface area contributed by atoms with Crippen LogP contribution in [-0.2, 0) is 0 Å². The van der Waals surface area contributed by atoms with E-state index in [9.17, 15) is 9.59 Å². The van der Waals surface area contributed by atoms with Gasteiger partial charge in [0.2, 0.25) is 0 Å². The van der Waals surface area contributed by atoms with Crippen molar-refractivity contribution in [1.29, 1.82) is 0 Å². The van der Waals surface area contributed by atoms with Gasteiger partial charge in [-0.05, 0) is 0 Å². The molecule has 0 aliphatic rings. The molecule has 174 valence electrons. The van der Waals surface area contributed by atoms with E-state index in [-0.39, 0.29) is 25.4 Å². The van der Waals surface area contributed by atoms with Crippen molar-refractivity contribution >= 4 is 77.5 Å². The van der Waals surface area contributed by atoms with E-state index < -0.39 is 0 Å². The Balaban J connectivity index is 1.44. The number of para-hydroxylation sites is 2. The van der Waals surface area contributed by atoms with Crippen molar-refractivity contribution in [2.45, 2.75) is 0 Å². The summed E-state index contributed by atoms with van der Waals surface area (Å²) in [6.07, 6.45) is 0. The first-order chi connectivity index (χ1) is 18.2. The summed E-state index contributed by atoms with van der Waals surface area (Å²) in [7, 11) is 0. The molecule has 3 heterocycles. The Morgan fingerprint density at radius 1 is 0.514 bits per heavy atom. The number of hydrogen-bond acceptors (Lipinski definition) is 3. The molecular weight excluding hydrogens is 525 g/mol. The van der Waals surface area contributed by atoms with Gasteiger partial charge in [-0.15, -0.1) is 0 Å². The monoisotopic (exact) mass is 543 g/mol. The molecule has 5 heteroatoms. The molecule has 0 radical (unpaired) electrons. The first-order valence-electron chi connectivity index (χ1n) is 12.0. The first-order valence-corrected chi connectivity index (χ1v) is 13.7. The van der Waals surface area contributed by atoms with Crippen molar-refractivity contribution in [1.82, 2.24) is 4.57 Å². The predicted octanol–water partition coefficient (Wildman–Crippen LogP) is 6.77. The Kier molecular flexibility index (Phi) is 4.22. The molecule has 5 aromatic carbocycles. The van der Waals surface area contributed by atoms with Gasteiger partial charge in [0, 0.05) is 0 Å². The Labute approximate surface area is 215 Å². The summed E-state index contributed by atoms with van der Waals surface area (Å²) in [6, 6.07) is 33.8. The van der Waals surface area contributed by atoms with Gasteiger partial charge in [-0.25, -0.2) is 0 Å². The van der Waals surface area contributed by atoms with Gasteiger partial charge in [0.15, 0.2) is 0 Å². The Morgan fingerprint density at radius 2 is 1.14 bits per heavy atom. The molecule has 0 fully saturated rings. The molecule has 0 saturated carbocycles. The van der Waals surface area contributed by atoms with Gasteiger partial charge in [-0.2, -0.15) is 0 Å². The molecule has 8 aromatic rings. The molecule has 0 saturated heterocycles. The van der Waals surface area contributed by atoms with E-state index in [1.54, 1.807) is 6.07 Å². The average Bonchev–Trinajstić information content (AvgIpc) is 3.27. The molecule has 0 aliphatic carbocycles. The minimum absolute atomic E-state index is 0.0261. The maximum atomic E-state index is 13.6. The molecule has 0 unspecified atom stereocenters. The number of benzene rings is 5. The normalized spacial score (nSPS) is 12.0.